The largest absolute Gasteiger partial charge is 0.363 e. The van der Waals surface area contributed by atoms with E-state index in [1.807, 2.05) is 0 Å². The Morgan fingerprint density at radius 1 is 1.11 bits per heavy atom. The fourth-order valence-electron chi connectivity index (χ4n) is 2.07. The monoisotopic (exact) mass is 251 g/mol. The highest BCUT2D eigenvalue weighted by molar-refractivity contribution is 5.89. The van der Waals surface area contributed by atoms with Crippen molar-refractivity contribution in [3.8, 4) is 0 Å². The van der Waals surface area contributed by atoms with Gasteiger partial charge in [0.1, 0.15) is 0 Å². The molecule has 0 aliphatic heterocycles. The van der Waals surface area contributed by atoms with Crippen LogP contribution in [0.25, 0.3) is 0 Å². The van der Waals surface area contributed by atoms with E-state index in [0.29, 0.717) is 5.82 Å². The first-order valence-electron chi connectivity index (χ1n) is 7.06. The van der Waals surface area contributed by atoms with Crippen LogP contribution in [0.15, 0.2) is 0 Å². The van der Waals surface area contributed by atoms with Crippen molar-refractivity contribution >= 4 is 5.91 Å². The van der Waals surface area contributed by atoms with E-state index >= 15 is 0 Å². The summed E-state index contributed by atoms with van der Waals surface area (Å²) in [5, 5.41) is 0. The SMILES string of the molecule is CCCCCc1nc(C(N)=O)[nH]c1CCCCC. The second-order valence-corrected chi connectivity index (χ2v) is 4.79. The number of nitrogens with one attached hydrogen (secondary N) is 1. The molecule has 0 aromatic carbocycles. The molecular weight excluding hydrogens is 226 g/mol. The first-order valence-corrected chi connectivity index (χ1v) is 7.06. The summed E-state index contributed by atoms with van der Waals surface area (Å²) in [5.41, 5.74) is 7.41. The van der Waals surface area contributed by atoms with E-state index in [9.17, 15) is 4.79 Å². The minimum absolute atomic E-state index is 0.313. The molecule has 4 nitrogen and oxygen atoms in total. The van der Waals surface area contributed by atoms with Crippen molar-refractivity contribution in [2.45, 2.75) is 65.2 Å². The van der Waals surface area contributed by atoms with Crippen LogP contribution in [0.3, 0.4) is 0 Å². The number of carbonyl (C=O) groups is 1. The average Bonchev–Trinajstić information content (AvgIpc) is 2.74. The zero-order valence-corrected chi connectivity index (χ0v) is 11.6. The van der Waals surface area contributed by atoms with Crippen LogP contribution >= 0.6 is 0 Å². The topological polar surface area (TPSA) is 71.8 Å². The number of aryl methyl sites for hydroxylation is 2. The Morgan fingerprint density at radius 3 is 2.28 bits per heavy atom. The zero-order valence-electron chi connectivity index (χ0n) is 11.6. The minimum atomic E-state index is -0.464. The van der Waals surface area contributed by atoms with Gasteiger partial charge in [0, 0.05) is 5.69 Å². The molecular formula is C14H25N3O. The maximum atomic E-state index is 11.2. The van der Waals surface area contributed by atoms with Gasteiger partial charge in [0.25, 0.3) is 5.91 Å². The zero-order chi connectivity index (χ0) is 13.4. The molecule has 0 unspecified atom stereocenters. The fourth-order valence-corrected chi connectivity index (χ4v) is 2.07. The summed E-state index contributed by atoms with van der Waals surface area (Å²) in [6.45, 7) is 4.37. The van der Waals surface area contributed by atoms with Gasteiger partial charge in [0.2, 0.25) is 0 Å². The van der Waals surface area contributed by atoms with Gasteiger partial charge in [0.15, 0.2) is 5.82 Å². The Morgan fingerprint density at radius 2 is 1.72 bits per heavy atom. The van der Waals surface area contributed by atoms with Crippen molar-refractivity contribution in [2.75, 3.05) is 0 Å². The third-order valence-corrected chi connectivity index (χ3v) is 3.15. The lowest BCUT2D eigenvalue weighted by Crippen LogP contribution is -2.12. The molecule has 0 saturated heterocycles. The molecule has 1 heterocycles. The van der Waals surface area contributed by atoms with Gasteiger partial charge >= 0.3 is 0 Å². The average molecular weight is 251 g/mol. The molecule has 18 heavy (non-hydrogen) atoms. The number of imidazole rings is 1. The number of carbonyl (C=O) groups excluding carboxylic acids is 1. The molecule has 0 radical (unpaired) electrons. The summed E-state index contributed by atoms with van der Waals surface area (Å²) >= 11 is 0. The van der Waals surface area contributed by atoms with Gasteiger partial charge in [-0.3, -0.25) is 4.79 Å². The summed E-state index contributed by atoms with van der Waals surface area (Å²) in [6, 6.07) is 0. The standard InChI is InChI=1S/C14H25N3O/c1-3-5-7-9-11-12(10-8-6-4-2)17-14(16-11)13(15)18/h3-10H2,1-2H3,(H2,15,18)(H,16,17). The summed E-state index contributed by atoms with van der Waals surface area (Å²) in [6.07, 6.45) is 8.97. The molecule has 102 valence electrons. The van der Waals surface area contributed by atoms with Crippen LogP contribution < -0.4 is 5.73 Å². The van der Waals surface area contributed by atoms with Crippen molar-refractivity contribution in [1.29, 1.82) is 0 Å². The van der Waals surface area contributed by atoms with Crippen LogP contribution in [0.5, 0.6) is 0 Å². The quantitative estimate of drug-likeness (QED) is 0.662. The van der Waals surface area contributed by atoms with Gasteiger partial charge in [-0.2, -0.15) is 0 Å². The Balaban J connectivity index is 2.67. The van der Waals surface area contributed by atoms with Crippen molar-refractivity contribution in [1.82, 2.24) is 9.97 Å². The number of aromatic nitrogens is 2. The van der Waals surface area contributed by atoms with Gasteiger partial charge < -0.3 is 10.7 Å². The van der Waals surface area contributed by atoms with Gasteiger partial charge in [-0.1, -0.05) is 39.5 Å². The maximum Gasteiger partial charge on any atom is 0.284 e. The highest BCUT2D eigenvalue weighted by Crippen LogP contribution is 2.14. The minimum Gasteiger partial charge on any atom is -0.363 e. The first-order chi connectivity index (χ1) is 8.69. The first kappa shape index (κ1) is 14.7. The predicted octanol–water partition coefficient (Wildman–Crippen LogP) is 2.97. The number of rotatable bonds is 9. The molecule has 0 aliphatic rings. The third-order valence-electron chi connectivity index (χ3n) is 3.15. The maximum absolute atomic E-state index is 11.2. The molecule has 0 spiro atoms. The van der Waals surface area contributed by atoms with Crippen molar-refractivity contribution in [3.05, 3.63) is 17.2 Å². The molecule has 0 aliphatic carbocycles. The molecule has 0 atom stereocenters. The second-order valence-electron chi connectivity index (χ2n) is 4.79. The van der Waals surface area contributed by atoms with E-state index in [0.717, 1.165) is 37.1 Å². The number of nitrogens with zero attached hydrogens (tertiary/aromatic N) is 1. The van der Waals surface area contributed by atoms with Crippen molar-refractivity contribution in [3.63, 3.8) is 0 Å². The summed E-state index contributed by atoms with van der Waals surface area (Å²) in [7, 11) is 0. The molecule has 1 aromatic rings. The van der Waals surface area contributed by atoms with Gasteiger partial charge in [0.05, 0.1) is 5.69 Å². The fraction of sp³-hybridized carbons (Fsp3) is 0.714. The number of H-pyrrole nitrogens is 1. The van der Waals surface area contributed by atoms with Crippen LogP contribution in [0.4, 0.5) is 0 Å². The Hall–Kier alpha value is -1.32. The number of unbranched alkanes of at least 4 members (excludes halogenated alkanes) is 4. The lowest BCUT2D eigenvalue weighted by Gasteiger charge is -2.01. The predicted molar refractivity (Wildman–Crippen MR) is 73.6 cm³/mol. The molecule has 1 rings (SSSR count). The van der Waals surface area contributed by atoms with Crippen molar-refractivity contribution < 1.29 is 4.79 Å². The van der Waals surface area contributed by atoms with E-state index in [-0.39, 0.29) is 0 Å². The van der Waals surface area contributed by atoms with Crippen LogP contribution in [-0.2, 0) is 12.8 Å². The molecule has 0 saturated carbocycles. The number of nitrogens with two attached hydrogens (primary N) is 1. The summed E-state index contributed by atoms with van der Waals surface area (Å²) < 4.78 is 0. The number of amides is 1. The molecule has 0 bridgehead atoms. The number of hydrogen-bond acceptors (Lipinski definition) is 2. The van der Waals surface area contributed by atoms with Crippen molar-refractivity contribution in [2.24, 2.45) is 5.73 Å². The number of hydrogen-bond donors (Lipinski definition) is 2. The van der Waals surface area contributed by atoms with Gasteiger partial charge in [-0.15, -0.1) is 0 Å². The molecule has 4 heteroatoms. The molecule has 1 aromatic heterocycles. The lowest BCUT2D eigenvalue weighted by molar-refractivity contribution is 0.0991. The van der Waals surface area contributed by atoms with Gasteiger partial charge in [-0.25, -0.2) is 4.98 Å². The second kappa shape index (κ2) is 7.90. The van der Waals surface area contributed by atoms with Crippen LogP contribution in [0.1, 0.15) is 74.4 Å². The smallest absolute Gasteiger partial charge is 0.284 e. The number of aromatic amines is 1. The highest BCUT2D eigenvalue weighted by atomic mass is 16.1. The molecule has 0 fully saturated rings. The van der Waals surface area contributed by atoms with E-state index in [1.54, 1.807) is 0 Å². The highest BCUT2D eigenvalue weighted by Gasteiger charge is 2.12. The van der Waals surface area contributed by atoms with E-state index < -0.39 is 5.91 Å². The normalized spacial score (nSPS) is 10.8. The van der Waals surface area contributed by atoms with E-state index in [2.05, 4.69) is 23.8 Å². The van der Waals surface area contributed by atoms with Gasteiger partial charge in [-0.05, 0) is 25.7 Å². The lowest BCUT2D eigenvalue weighted by atomic mass is 10.1. The van der Waals surface area contributed by atoms with Crippen LogP contribution in [0.2, 0.25) is 0 Å². The number of primary amides is 1. The van der Waals surface area contributed by atoms with E-state index in [1.165, 1.54) is 25.7 Å². The Labute approximate surface area is 109 Å². The van der Waals surface area contributed by atoms with Crippen LogP contribution in [-0.4, -0.2) is 15.9 Å². The third kappa shape index (κ3) is 4.51. The Kier molecular flexibility index (Phi) is 6.47. The summed E-state index contributed by atoms with van der Waals surface area (Å²) in [4.78, 5) is 18.6. The molecule has 3 N–H and O–H groups in total. The Bertz CT molecular complexity index is 344. The molecule has 1 amide bonds. The van der Waals surface area contributed by atoms with E-state index in [4.69, 9.17) is 5.73 Å². The van der Waals surface area contributed by atoms with Crippen LogP contribution in [0, 0.1) is 0 Å². The summed E-state index contributed by atoms with van der Waals surface area (Å²) in [5.74, 6) is -0.151.